The minimum Gasteiger partial charge on any atom is -0.447 e. The molecule has 4 nitrogen and oxygen atoms in total. The van der Waals surface area contributed by atoms with E-state index in [1.54, 1.807) is 0 Å². The van der Waals surface area contributed by atoms with Crippen molar-refractivity contribution in [2.24, 2.45) is 0 Å². The highest BCUT2D eigenvalue weighted by molar-refractivity contribution is 5.68. The van der Waals surface area contributed by atoms with Crippen LogP contribution in [-0.4, -0.2) is 12.2 Å². The largest absolute Gasteiger partial charge is 0.447 e. The number of ether oxygens (including phenoxy) is 1. The Hall–Kier alpha value is -1.71. The first-order chi connectivity index (χ1) is 8.56. The normalized spacial score (nSPS) is 18.3. The van der Waals surface area contributed by atoms with Crippen LogP contribution < -0.4 is 11.1 Å². The van der Waals surface area contributed by atoms with Crippen molar-refractivity contribution >= 4 is 11.8 Å². The lowest BCUT2D eigenvalue weighted by molar-refractivity contribution is 0.111. The minimum atomic E-state index is -0.348. The summed E-state index contributed by atoms with van der Waals surface area (Å²) in [6.45, 7) is 3.68. The van der Waals surface area contributed by atoms with E-state index in [0.29, 0.717) is 0 Å². The Morgan fingerprint density at radius 3 is 3.00 bits per heavy atom. The van der Waals surface area contributed by atoms with Crippen molar-refractivity contribution in [3.8, 4) is 0 Å². The van der Waals surface area contributed by atoms with Crippen molar-refractivity contribution < 1.29 is 9.53 Å². The molecule has 0 saturated carbocycles. The summed E-state index contributed by atoms with van der Waals surface area (Å²) in [7, 11) is 0. The van der Waals surface area contributed by atoms with E-state index >= 15 is 0 Å². The van der Waals surface area contributed by atoms with Crippen LogP contribution in [0.5, 0.6) is 0 Å². The molecule has 0 bridgehead atoms. The van der Waals surface area contributed by atoms with Gasteiger partial charge in [-0.05, 0) is 56.4 Å². The van der Waals surface area contributed by atoms with Crippen molar-refractivity contribution in [2.45, 2.75) is 45.3 Å². The van der Waals surface area contributed by atoms with Gasteiger partial charge < -0.3 is 15.8 Å². The summed E-state index contributed by atoms with van der Waals surface area (Å²) in [6.07, 6.45) is 2.59. The number of carbonyl (C=O) groups excluding carboxylic acids is 1. The molecule has 2 rings (SSSR count). The molecule has 0 heterocycles. The number of nitrogen functional groups attached to an aromatic ring is 1. The number of hydrogen-bond donors (Lipinski definition) is 2. The number of benzene rings is 1. The van der Waals surface area contributed by atoms with Crippen molar-refractivity contribution in [1.29, 1.82) is 0 Å². The Kier molecular flexibility index (Phi) is 3.75. The van der Waals surface area contributed by atoms with Gasteiger partial charge >= 0.3 is 6.09 Å². The maximum Gasteiger partial charge on any atom is 0.407 e. The van der Waals surface area contributed by atoms with Crippen LogP contribution >= 0.6 is 0 Å². The van der Waals surface area contributed by atoms with E-state index in [9.17, 15) is 4.79 Å². The number of anilines is 1. The number of aryl methyl sites for hydroxylation is 1. The third-order valence-corrected chi connectivity index (χ3v) is 3.12. The number of alkyl carbamates (subject to hydrolysis) is 1. The highest BCUT2D eigenvalue weighted by Gasteiger charge is 2.22. The van der Waals surface area contributed by atoms with Crippen LogP contribution in [-0.2, 0) is 11.2 Å². The molecule has 1 aliphatic rings. The maximum absolute atomic E-state index is 11.6. The fraction of sp³-hybridized carbons (Fsp3) is 0.500. The lowest BCUT2D eigenvalue weighted by Crippen LogP contribution is -2.32. The number of hydrogen-bond acceptors (Lipinski definition) is 3. The summed E-state index contributed by atoms with van der Waals surface area (Å²) in [5.41, 5.74) is 8.96. The number of nitrogens with two attached hydrogens (primary N) is 1. The molecule has 1 aromatic carbocycles. The van der Waals surface area contributed by atoms with Gasteiger partial charge in [0.25, 0.3) is 0 Å². The number of amides is 1. The molecule has 1 unspecified atom stereocenters. The molecule has 98 valence electrons. The van der Waals surface area contributed by atoms with Crippen LogP contribution in [0.15, 0.2) is 18.2 Å². The molecule has 1 amide bonds. The number of nitrogens with one attached hydrogen (secondary N) is 1. The van der Waals surface area contributed by atoms with Crippen LogP contribution in [0.4, 0.5) is 10.5 Å². The predicted molar refractivity (Wildman–Crippen MR) is 71.3 cm³/mol. The number of carbonyl (C=O) groups is 1. The summed E-state index contributed by atoms with van der Waals surface area (Å²) >= 11 is 0. The zero-order valence-corrected chi connectivity index (χ0v) is 10.9. The zero-order chi connectivity index (χ0) is 13.1. The molecular weight excluding hydrogens is 228 g/mol. The molecule has 0 aliphatic heterocycles. The van der Waals surface area contributed by atoms with E-state index in [4.69, 9.17) is 10.5 Å². The predicted octanol–water partition coefficient (Wildman–Crippen LogP) is 2.78. The summed E-state index contributed by atoms with van der Waals surface area (Å²) in [4.78, 5) is 11.6. The van der Waals surface area contributed by atoms with Gasteiger partial charge in [-0.3, -0.25) is 0 Å². The van der Waals surface area contributed by atoms with Crippen molar-refractivity contribution in [3.05, 3.63) is 29.3 Å². The van der Waals surface area contributed by atoms with Gasteiger partial charge in [-0.1, -0.05) is 6.07 Å². The van der Waals surface area contributed by atoms with Crippen LogP contribution in [0.25, 0.3) is 0 Å². The molecule has 0 radical (unpaired) electrons. The van der Waals surface area contributed by atoms with Crippen molar-refractivity contribution in [1.82, 2.24) is 5.32 Å². The van der Waals surface area contributed by atoms with Crippen LogP contribution in [0.1, 0.15) is 43.9 Å². The second-order valence-electron chi connectivity index (χ2n) is 5.00. The topological polar surface area (TPSA) is 64.3 Å². The third kappa shape index (κ3) is 2.94. The Morgan fingerprint density at radius 1 is 1.50 bits per heavy atom. The Balaban J connectivity index is 2.10. The smallest absolute Gasteiger partial charge is 0.407 e. The average molecular weight is 248 g/mol. The highest BCUT2D eigenvalue weighted by Crippen LogP contribution is 2.30. The summed E-state index contributed by atoms with van der Waals surface area (Å²) in [6, 6.07) is 5.92. The molecule has 1 aliphatic carbocycles. The van der Waals surface area contributed by atoms with Crippen molar-refractivity contribution in [3.63, 3.8) is 0 Å². The van der Waals surface area contributed by atoms with E-state index in [-0.39, 0.29) is 18.2 Å². The molecule has 0 spiro atoms. The molecule has 1 atom stereocenters. The lowest BCUT2D eigenvalue weighted by Gasteiger charge is -2.26. The van der Waals surface area contributed by atoms with Gasteiger partial charge in [0.05, 0.1) is 12.1 Å². The second kappa shape index (κ2) is 5.29. The highest BCUT2D eigenvalue weighted by atomic mass is 16.6. The average Bonchev–Trinajstić information content (AvgIpc) is 2.27. The van der Waals surface area contributed by atoms with Gasteiger partial charge in [-0.2, -0.15) is 0 Å². The molecule has 0 saturated heterocycles. The quantitative estimate of drug-likeness (QED) is 0.791. The number of fused-ring (bicyclic) bond motifs is 1. The molecule has 0 aromatic heterocycles. The van der Waals surface area contributed by atoms with E-state index in [2.05, 4.69) is 5.32 Å². The van der Waals surface area contributed by atoms with Crippen LogP contribution in [0, 0.1) is 0 Å². The molecule has 0 fully saturated rings. The first-order valence-corrected chi connectivity index (χ1v) is 6.41. The van der Waals surface area contributed by atoms with Crippen molar-refractivity contribution in [2.75, 3.05) is 5.73 Å². The fourth-order valence-electron chi connectivity index (χ4n) is 2.37. The van der Waals surface area contributed by atoms with E-state index in [0.717, 1.165) is 30.5 Å². The van der Waals surface area contributed by atoms with Gasteiger partial charge in [0.15, 0.2) is 0 Å². The zero-order valence-electron chi connectivity index (χ0n) is 10.9. The SMILES string of the molecule is CC(C)OC(=O)NC1CCCc2cc(N)ccc21. The molecule has 1 aromatic rings. The first kappa shape index (κ1) is 12.7. The molecule has 18 heavy (non-hydrogen) atoms. The maximum atomic E-state index is 11.6. The summed E-state index contributed by atoms with van der Waals surface area (Å²) in [5.74, 6) is 0. The molecular formula is C14H20N2O2. The molecule has 4 heteroatoms. The van der Waals surface area contributed by atoms with Crippen LogP contribution in [0.2, 0.25) is 0 Å². The summed E-state index contributed by atoms with van der Waals surface area (Å²) in [5, 5.41) is 2.92. The van der Waals surface area contributed by atoms with Gasteiger partial charge in [0.1, 0.15) is 0 Å². The van der Waals surface area contributed by atoms with E-state index < -0.39 is 0 Å². The third-order valence-electron chi connectivity index (χ3n) is 3.12. The first-order valence-electron chi connectivity index (χ1n) is 6.41. The monoisotopic (exact) mass is 248 g/mol. The lowest BCUT2D eigenvalue weighted by atomic mass is 9.87. The standard InChI is InChI=1S/C14H20N2O2/c1-9(2)18-14(17)16-13-5-3-4-10-8-11(15)6-7-12(10)13/h6-9,13H,3-5,15H2,1-2H3,(H,16,17). The molecule has 3 N–H and O–H groups in total. The van der Waals surface area contributed by atoms with Gasteiger partial charge in [-0.25, -0.2) is 4.79 Å². The van der Waals surface area contributed by atoms with E-state index in [1.807, 2.05) is 32.0 Å². The second-order valence-corrected chi connectivity index (χ2v) is 5.00. The Labute approximate surface area is 108 Å². The fourth-order valence-corrected chi connectivity index (χ4v) is 2.37. The van der Waals surface area contributed by atoms with Gasteiger partial charge in [0, 0.05) is 5.69 Å². The summed E-state index contributed by atoms with van der Waals surface area (Å²) < 4.78 is 5.12. The van der Waals surface area contributed by atoms with Gasteiger partial charge in [-0.15, -0.1) is 0 Å². The minimum absolute atomic E-state index is 0.0422. The van der Waals surface area contributed by atoms with Gasteiger partial charge in [0.2, 0.25) is 0 Å². The van der Waals surface area contributed by atoms with Crippen LogP contribution in [0.3, 0.4) is 0 Å². The number of rotatable bonds is 2. The van der Waals surface area contributed by atoms with E-state index in [1.165, 1.54) is 5.56 Å². The Morgan fingerprint density at radius 2 is 2.28 bits per heavy atom. The Bertz CT molecular complexity index is 443.